The average molecular weight is 350 g/mol. The Kier molecular flexibility index (Phi) is 4.53. The number of rotatable bonds is 4. The second-order valence-corrected chi connectivity index (χ2v) is 6.07. The van der Waals surface area contributed by atoms with Crippen LogP contribution >= 0.6 is 11.3 Å². The van der Waals surface area contributed by atoms with Gasteiger partial charge in [-0.25, -0.2) is 4.98 Å². The highest BCUT2D eigenvalue weighted by atomic mass is 32.1. The molecule has 0 fully saturated rings. The second kappa shape index (κ2) is 6.60. The first-order chi connectivity index (χ1) is 11.5. The Morgan fingerprint density at radius 3 is 2.75 bits per heavy atom. The number of hydrogen-bond acceptors (Lipinski definition) is 4. The van der Waals surface area contributed by atoms with Crippen molar-refractivity contribution in [3.8, 4) is 5.75 Å². The van der Waals surface area contributed by atoms with E-state index in [0.29, 0.717) is 5.75 Å². The van der Waals surface area contributed by atoms with Crippen molar-refractivity contribution in [1.82, 2.24) is 4.98 Å². The normalized spacial score (nSPS) is 12.2. The molecular formula is C17H13F3N2OS. The highest BCUT2D eigenvalue weighted by molar-refractivity contribution is 7.20. The standard InChI is InChI=1S/C17H13F3N2OS/c1-21-9-16-22-14-7-6-12(8-15(14)24-16)23-10-11-4-2-3-5-13(11)17(18,19)20/h2-9H,10H2,1H3/b21-9-. The third-order valence-corrected chi connectivity index (χ3v) is 4.29. The third-order valence-electron chi connectivity index (χ3n) is 3.33. The first-order valence-corrected chi connectivity index (χ1v) is 7.89. The van der Waals surface area contributed by atoms with Gasteiger partial charge >= 0.3 is 6.18 Å². The number of halogens is 3. The Hall–Kier alpha value is -2.41. The summed E-state index contributed by atoms with van der Waals surface area (Å²) in [7, 11) is 1.67. The van der Waals surface area contributed by atoms with Gasteiger partial charge < -0.3 is 4.74 Å². The van der Waals surface area contributed by atoms with Crippen LogP contribution in [0.5, 0.6) is 5.75 Å². The molecule has 3 rings (SSSR count). The number of nitrogens with zero attached hydrogens (tertiary/aromatic N) is 2. The van der Waals surface area contributed by atoms with E-state index in [2.05, 4.69) is 9.98 Å². The SMILES string of the molecule is C/N=C\c1nc2ccc(OCc3ccccc3C(F)(F)F)cc2s1. The lowest BCUT2D eigenvalue weighted by Gasteiger charge is -2.13. The van der Waals surface area contributed by atoms with Crippen LogP contribution in [0.2, 0.25) is 0 Å². The summed E-state index contributed by atoms with van der Waals surface area (Å²) in [5.41, 5.74) is 0.233. The zero-order chi connectivity index (χ0) is 17.2. The van der Waals surface area contributed by atoms with Gasteiger partial charge in [0.15, 0.2) is 0 Å². The predicted molar refractivity (Wildman–Crippen MR) is 88.9 cm³/mol. The van der Waals surface area contributed by atoms with E-state index in [1.54, 1.807) is 37.5 Å². The lowest BCUT2D eigenvalue weighted by molar-refractivity contribution is -0.138. The van der Waals surface area contributed by atoms with Crippen molar-refractivity contribution in [1.29, 1.82) is 0 Å². The summed E-state index contributed by atoms with van der Waals surface area (Å²) in [5, 5.41) is 0.770. The number of aromatic nitrogens is 1. The minimum Gasteiger partial charge on any atom is -0.489 e. The van der Waals surface area contributed by atoms with Crippen molar-refractivity contribution in [2.24, 2.45) is 4.99 Å². The molecule has 2 aromatic carbocycles. The molecule has 0 unspecified atom stereocenters. The minimum absolute atomic E-state index is 0.105. The van der Waals surface area contributed by atoms with Gasteiger partial charge in [0.1, 0.15) is 17.4 Å². The lowest BCUT2D eigenvalue weighted by atomic mass is 10.1. The monoisotopic (exact) mass is 350 g/mol. The minimum atomic E-state index is -4.39. The van der Waals surface area contributed by atoms with Gasteiger partial charge in [-0.2, -0.15) is 13.2 Å². The molecule has 0 radical (unpaired) electrons. The molecule has 0 aliphatic carbocycles. The fourth-order valence-corrected chi connectivity index (χ4v) is 3.18. The molecule has 0 amide bonds. The van der Waals surface area contributed by atoms with Crippen LogP contribution in [0.4, 0.5) is 13.2 Å². The maximum absolute atomic E-state index is 13.0. The summed E-state index contributed by atoms with van der Waals surface area (Å²) in [6.07, 6.45) is -2.74. The van der Waals surface area contributed by atoms with Crippen LogP contribution in [0, 0.1) is 0 Å². The largest absolute Gasteiger partial charge is 0.489 e. The van der Waals surface area contributed by atoms with Crippen LogP contribution in [-0.2, 0) is 12.8 Å². The molecule has 0 saturated carbocycles. The molecule has 1 aromatic heterocycles. The molecule has 0 saturated heterocycles. The smallest absolute Gasteiger partial charge is 0.416 e. The molecule has 0 N–H and O–H groups in total. The summed E-state index contributed by atoms with van der Waals surface area (Å²) in [6.45, 7) is -0.150. The highest BCUT2D eigenvalue weighted by Crippen LogP contribution is 2.32. The van der Waals surface area contributed by atoms with Gasteiger partial charge in [0, 0.05) is 12.6 Å². The predicted octanol–water partition coefficient (Wildman–Crippen LogP) is 4.94. The molecule has 3 nitrogen and oxygen atoms in total. The fourth-order valence-electron chi connectivity index (χ4n) is 2.26. The molecule has 24 heavy (non-hydrogen) atoms. The summed E-state index contributed by atoms with van der Waals surface area (Å²) >= 11 is 1.44. The Labute approximate surface area is 140 Å². The molecule has 7 heteroatoms. The van der Waals surface area contributed by atoms with E-state index >= 15 is 0 Å². The van der Waals surface area contributed by atoms with Crippen LogP contribution in [0.1, 0.15) is 16.1 Å². The number of benzene rings is 2. The summed E-state index contributed by atoms with van der Waals surface area (Å²) in [6, 6.07) is 10.7. The number of hydrogen-bond donors (Lipinski definition) is 0. The van der Waals surface area contributed by atoms with Crippen molar-refractivity contribution >= 4 is 27.8 Å². The zero-order valence-corrected chi connectivity index (χ0v) is 13.5. The average Bonchev–Trinajstić information content (AvgIpc) is 2.94. The van der Waals surface area contributed by atoms with Gasteiger partial charge in [-0.3, -0.25) is 4.99 Å². The molecule has 0 atom stereocenters. The van der Waals surface area contributed by atoms with Gasteiger partial charge in [-0.1, -0.05) is 18.2 Å². The van der Waals surface area contributed by atoms with Gasteiger partial charge in [0.2, 0.25) is 0 Å². The second-order valence-electron chi connectivity index (χ2n) is 5.01. The Balaban J connectivity index is 1.81. The number of ether oxygens (including phenoxy) is 1. The Bertz CT molecular complexity index is 887. The fraction of sp³-hybridized carbons (Fsp3) is 0.176. The molecule has 1 heterocycles. The molecule has 0 aliphatic rings. The first-order valence-electron chi connectivity index (χ1n) is 7.08. The molecule has 0 aliphatic heterocycles. The maximum atomic E-state index is 13.0. The quantitative estimate of drug-likeness (QED) is 0.625. The summed E-state index contributed by atoms with van der Waals surface area (Å²) in [5.74, 6) is 0.503. The number of aliphatic imine (C=N–C) groups is 1. The van der Waals surface area contributed by atoms with Crippen molar-refractivity contribution in [3.63, 3.8) is 0 Å². The van der Waals surface area contributed by atoms with Gasteiger partial charge in [0.05, 0.1) is 22.0 Å². The van der Waals surface area contributed by atoms with E-state index in [1.165, 1.54) is 23.5 Å². The molecular weight excluding hydrogens is 337 g/mol. The van der Waals surface area contributed by atoms with E-state index < -0.39 is 11.7 Å². The zero-order valence-electron chi connectivity index (χ0n) is 12.7. The van der Waals surface area contributed by atoms with E-state index in [1.807, 2.05) is 0 Å². The summed E-state index contributed by atoms with van der Waals surface area (Å²) < 4.78 is 45.4. The first kappa shape index (κ1) is 16.4. The number of fused-ring (bicyclic) bond motifs is 1. The van der Waals surface area contributed by atoms with E-state index in [9.17, 15) is 13.2 Å². The number of thiazole rings is 1. The molecule has 124 valence electrons. The molecule has 0 spiro atoms. The number of alkyl halides is 3. The van der Waals surface area contributed by atoms with Crippen molar-refractivity contribution in [2.45, 2.75) is 12.8 Å². The van der Waals surface area contributed by atoms with Crippen LogP contribution in [0.25, 0.3) is 10.2 Å². The van der Waals surface area contributed by atoms with Crippen LogP contribution < -0.4 is 4.74 Å². The third kappa shape index (κ3) is 3.56. The molecule has 0 bridgehead atoms. The Morgan fingerprint density at radius 2 is 2.00 bits per heavy atom. The van der Waals surface area contributed by atoms with E-state index in [4.69, 9.17) is 4.74 Å². The van der Waals surface area contributed by atoms with Crippen LogP contribution in [-0.4, -0.2) is 18.2 Å². The van der Waals surface area contributed by atoms with Crippen molar-refractivity contribution in [3.05, 3.63) is 58.6 Å². The van der Waals surface area contributed by atoms with Gasteiger partial charge in [-0.05, 0) is 24.3 Å². The van der Waals surface area contributed by atoms with Crippen LogP contribution in [0.3, 0.4) is 0 Å². The molecule has 3 aromatic rings. The lowest BCUT2D eigenvalue weighted by Crippen LogP contribution is -2.10. The Morgan fingerprint density at radius 1 is 1.21 bits per heavy atom. The summed E-state index contributed by atoms with van der Waals surface area (Å²) in [4.78, 5) is 8.29. The van der Waals surface area contributed by atoms with Crippen molar-refractivity contribution in [2.75, 3.05) is 7.05 Å². The van der Waals surface area contributed by atoms with Gasteiger partial charge in [-0.15, -0.1) is 11.3 Å². The maximum Gasteiger partial charge on any atom is 0.416 e. The van der Waals surface area contributed by atoms with E-state index in [0.717, 1.165) is 21.3 Å². The topological polar surface area (TPSA) is 34.5 Å². The van der Waals surface area contributed by atoms with Crippen molar-refractivity contribution < 1.29 is 17.9 Å². The van der Waals surface area contributed by atoms with Crippen LogP contribution in [0.15, 0.2) is 47.5 Å². The highest BCUT2D eigenvalue weighted by Gasteiger charge is 2.32. The van der Waals surface area contributed by atoms with Gasteiger partial charge in [0.25, 0.3) is 0 Å². The van der Waals surface area contributed by atoms with E-state index in [-0.39, 0.29) is 12.2 Å².